The van der Waals surface area contributed by atoms with Gasteiger partial charge in [0.25, 0.3) is 5.76 Å². The number of nitriles is 1. The van der Waals surface area contributed by atoms with Crippen LogP contribution in [0.1, 0.15) is 5.76 Å². The first-order valence-corrected chi connectivity index (χ1v) is 3.02. The van der Waals surface area contributed by atoms with Gasteiger partial charge in [-0.25, -0.2) is 4.98 Å². The molecule has 52 valence electrons. The lowest BCUT2D eigenvalue weighted by Gasteiger charge is -1.80. The van der Waals surface area contributed by atoms with Gasteiger partial charge in [-0.2, -0.15) is 5.26 Å². The maximum Gasteiger partial charge on any atom is 0.262 e. The summed E-state index contributed by atoms with van der Waals surface area (Å²) >= 11 is 0. The molecule has 4 nitrogen and oxygen atoms in total. The lowest BCUT2D eigenvalue weighted by Crippen LogP contribution is -1.73. The Balaban J connectivity index is 2.89. The average molecular weight is 145 g/mol. The van der Waals surface area contributed by atoms with Crippen LogP contribution in [0.4, 0.5) is 0 Å². The number of fused-ring (bicyclic) bond motifs is 1. The van der Waals surface area contributed by atoms with Crippen molar-refractivity contribution in [1.82, 2.24) is 10.1 Å². The molecule has 0 aliphatic heterocycles. The number of pyridine rings is 1. The van der Waals surface area contributed by atoms with Crippen LogP contribution in [0.15, 0.2) is 22.9 Å². The molecule has 0 spiro atoms. The Hall–Kier alpha value is -1.89. The van der Waals surface area contributed by atoms with Crippen molar-refractivity contribution in [1.29, 1.82) is 5.26 Å². The third-order valence-electron chi connectivity index (χ3n) is 1.34. The predicted molar refractivity (Wildman–Crippen MR) is 36.5 cm³/mol. The molecule has 2 aromatic rings. The van der Waals surface area contributed by atoms with Crippen LogP contribution in [0.3, 0.4) is 0 Å². The molecule has 11 heavy (non-hydrogen) atoms. The minimum Gasteiger partial charge on any atom is -0.342 e. The molecule has 0 fully saturated rings. The highest BCUT2D eigenvalue weighted by Crippen LogP contribution is 2.12. The summed E-state index contributed by atoms with van der Waals surface area (Å²) in [6.07, 6.45) is 1.60. The zero-order valence-corrected chi connectivity index (χ0v) is 5.48. The van der Waals surface area contributed by atoms with Gasteiger partial charge in [0.15, 0.2) is 0 Å². The Kier molecular flexibility index (Phi) is 1.10. The second-order valence-electron chi connectivity index (χ2n) is 1.99. The Morgan fingerprint density at radius 3 is 3.27 bits per heavy atom. The van der Waals surface area contributed by atoms with Crippen LogP contribution in [-0.2, 0) is 0 Å². The number of aromatic nitrogens is 2. The van der Waals surface area contributed by atoms with Gasteiger partial charge in [0, 0.05) is 6.20 Å². The highest BCUT2D eigenvalue weighted by atomic mass is 16.5. The molecular weight excluding hydrogens is 142 g/mol. The summed E-state index contributed by atoms with van der Waals surface area (Å²) in [7, 11) is 0. The van der Waals surface area contributed by atoms with Crippen LogP contribution >= 0.6 is 0 Å². The lowest BCUT2D eigenvalue weighted by atomic mass is 10.3. The van der Waals surface area contributed by atoms with Gasteiger partial charge in [-0.1, -0.05) is 5.16 Å². The molecule has 0 atom stereocenters. The monoisotopic (exact) mass is 145 g/mol. The van der Waals surface area contributed by atoms with Gasteiger partial charge < -0.3 is 4.52 Å². The van der Waals surface area contributed by atoms with Crippen molar-refractivity contribution in [2.24, 2.45) is 0 Å². The third kappa shape index (κ3) is 0.749. The molecule has 0 bridgehead atoms. The van der Waals surface area contributed by atoms with E-state index < -0.39 is 0 Å². The van der Waals surface area contributed by atoms with E-state index in [1.54, 1.807) is 18.3 Å². The quantitative estimate of drug-likeness (QED) is 0.556. The summed E-state index contributed by atoms with van der Waals surface area (Å²) in [6.45, 7) is 0. The molecule has 0 aliphatic rings. The van der Waals surface area contributed by atoms with Gasteiger partial charge in [-0.15, -0.1) is 0 Å². The van der Waals surface area contributed by atoms with E-state index in [4.69, 9.17) is 9.78 Å². The highest BCUT2D eigenvalue weighted by molar-refractivity contribution is 5.77. The molecule has 4 heteroatoms. The van der Waals surface area contributed by atoms with Crippen molar-refractivity contribution >= 4 is 11.0 Å². The van der Waals surface area contributed by atoms with Gasteiger partial charge in [0.05, 0.1) is 0 Å². The first-order valence-electron chi connectivity index (χ1n) is 3.02. The molecule has 0 saturated heterocycles. The van der Waals surface area contributed by atoms with E-state index in [0.717, 1.165) is 0 Å². The highest BCUT2D eigenvalue weighted by Gasteiger charge is 2.06. The summed E-state index contributed by atoms with van der Waals surface area (Å²) in [4.78, 5) is 3.93. The van der Waals surface area contributed by atoms with Crippen LogP contribution in [0.25, 0.3) is 11.0 Å². The number of hydrogen-bond donors (Lipinski definition) is 0. The summed E-state index contributed by atoms with van der Waals surface area (Å²) in [6, 6.07) is 5.34. The van der Waals surface area contributed by atoms with Crippen molar-refractivity contribution in [3.05, 3.63) is 24.1 Å². The zero-order chi connectivity index (χ0) is 7.68. The van der Waals surface area contributed by atoms with E-state index in [2.05, 4.69) is 10.1 Å². The topological polar surface area (TPSA) is 62.7 Å². The molecule has 2 aromatic heterocycles. The lowest BCUT2D eigenvalue weighted by molar-refractivity contribution is 0.418. The molecule has 0 aliphatic carbocycles. The first kappa shape index (κ1) is 5.86. The van der Waals surface area contributed by atoms with E-state index in [-0.39, 0.29) is 5.76 Å². The molecule has 2 heterocycles. The van der Waals surface area contributed by atoms with Gasteiger partial charge in [-0.3, -0.25) is 0 Å². The minimum absolute atomic E-state index is 0.167. The summed E-state index contributed by atoms with van der Waals surface area (Å²) < 4.78 is 4.69. The number of hydrogen-bond acceptors (Lipinski definition) is 4. The molecule has 0 amide bonds. The van der Waals surface area contributed by atoms with Crippen molar-refractivity contribution in [2.45, 2.75) is 0 Å². The Morgan fingerprint density at radius 2 is 2.45 bits per heavy atom. The first-order chi connectivity index (χ1) is 5.42. The Labute approximate surface area is 62.1 Å². The van der Waals surface area contributed by atoms with Crippen LogP contribution < -0.4 is 0 Å². The second-order valence-corrected chi connectivity index (χ2v) is 1.99. The van der Waals surface area contributed by atoms with E-state index >= 15 is 0 Å². The largest absolute Gasteiger partial charge is 0.342 e. The number of nitrogens with zero attached hydrogens (tertiary/aromatic N) is 3. The maximum atomic E-state index is 8.50. The van der Waals surface area contributed by atoms with Crippen LogP contribution in [-0.4, -0.2) is 10.1 Å². The van der Waals surface area contributed by atoms with Gasteiger partial charge in [0.2, 0.25) is 0 Å². The fourth-order valence-electron chi connectivity index (χ4n) is 0.857. The molecule has 2 rings (SSSR count). The number of rotatable bonds is 0. The Morgan fingerprint density at radius 1 is 1.55 bits per heavy atom. The standard InChI is InChI=1S/C7H3N3O/c8-4-6-7-5(10-11-6)2-1-3-9-7/h1-3H. The predicted octanol–water partition coefficient (Wildman–Crippen LogP) is 1.09. The van der Waals surface area contributed by atoms with Gasteiger partial charge in [-0.05, 0) is 12.1 Å². The van der Waals surface area contributed by atoms with Gasteiger partial charge >= 0.3 is 0 Å². The van der Waals surface area contributed by atoms with Crippen LogP contribution in [0.5, 0.6) is 0 Å². The summed E-state index contributed by atoms with van der Waals surface area (Å²) in [5.74, 6) is 0.167. The average Bonchev–Trinajstić information content (AvgIpc) is 2.47. The fraction of sp³-hybridized carbons (Fsp3) is 0. The van der Waals surface area contributed by atoms with Crippen LogP contribution in [0, 0.1) is 11.3 Å². The van der Waals surface area contributed by atoms with E-state index in [9.17, 15) is 0 Å². The fourth-order valence-corrected chi connectivity index (χ4v) is 0.857. The minimum atomic E-state index is 0.167. The van der Waals surface area contributed by atoms with E-state index in [1.165, 1.54) is 0 Å². The third-order valence-corrected chi connectivity index (χ3v) is 1.34. The van der Waals surface area contributed by atoms with Crippen molar-refractivity contribution in [3.63, 3.8) is 0 Å². The summed E-state index contributed by atoms with van der Waals surface area (Å²) in [5, 5.41) is 12.1. The molecular formula is C7H3N3O. The second kappa shape index (κ2) is 2.06. The molecule has 0 unspecified atom stereocenters. The molecule has 0 aromatic carbocycles. The Bertz CT molecular complexity index is 426. The van der Waals surface area contributed by atoms with Crippen LogP contribution in [0.2, 0.25) is 0 Å². The zero-order valence-electron chi connectivity index (χ0n) is 5.48. The van der Waals surface area contributed by atoms with Crippen molar-refractivity contribution in [2.75, 3.05) is 0 Å². The van der Waals surface area contributed by atoms with E-state index in [0.29, 0.717) is 11.0 Å². The van der Waals surface area contributed by atoms with E-state index in [1.807, 2.05) is 6.07 Å². The SMILES string of the molecule is N#Cc1onc2cccnc12. The van der Waals surface area contributed by atoms with Crippen molar-refractivity contribution < 1.29 is 4.52 Å². The molecule has 0 radical (unpaired) electrons. The molecule has 0 saturated carbocycles. The van der Waals surface area contributed by atoms with Gasteiger partial charge in [0.1, 0.15) is 17.1 Å². The summed E-state index contributed by atoms with van der Waals surface area (Å²) in [5.41, 5.74) is 1.14. The maximum absolute atomic E-state index is 8.50. The smallest absolute Gasteiger partial charge is 0.262 e. The van der Waals surface area contributed by atoms with Crippen molar-refractivity contribution in [3.8, 4) is 6.07 Å². The normalized spacial score (nSPS) is 9.73. The molecule has 0 N–H and O–H groups in total.